The van der Waals surface area contributed by atoms with Crippen LogP contribution in [-0.4, -0.2) is 39.8 Å². The smallest absolute Gasteiger partial charge is 0.335 e. The largest absolute Gasteiger partial charge is 0.478 e. The molecule has 1 aliphatic heterocycles. The van der Waals surface area contributed by atoms with E-state index in [0.29, 0.717) is 5.11 Å². The zero-order valence-electron chi connectivity index (χ0n) is 21.2. The Kier molecular flexibility index (Phi) is 6.43. The predicted molar refractivity (Wildman–Crippen MR) is 151 cm³/mol. The zero-order chi connectivity index (χ0) is 26.3. The average Bonchev–Trinajstić information content (AvgIpc) is 3.39. The second kappa shape index (κ2) is 9.71. The van der Waals surface area contributed by atoms with Crippen LogP contribution in [0.3, 0.4) is 0 Å². The summed E-state index contributed by atoms with van der Waals surface area (Å²) in [5.74, 6) is -0.947. The highest BCUT2D eigenvalue weighted by molar-refractivity contribution is 7.80. The first kappa shape index (κ1) is 24.5. The molecule has 5 rings (SSSR count). The van der Waals surface area contributed by atoms with Crippen LogP contribution in [0.5, 0.6) is 0 Å². The van der Waals surface area contributed by atoms with Gasteiger partial charge >= 0.3 is 5.97 Å². The molecule has 0 bridgehead atoms. The molecule has 7 nitrogen and oxygen atoms in total. The minimum absolute atomic E-state index is 0.157. The lowest BCUT2D eigenvalue weighted by molar-refractivity contribution is 0.0697. The van der Waals surface area contributed by atoms with Gasteiger partial charge in [0.05, 0.1) is 23.3 Å². The van der Waals surface area contributed by atoms with E-state index in [0.717, 1.165) is 39.7 Å². The summed E-state index contributed by atoms with van der Waals surface area (Å²) in [6.07, 6.45) is 1.80. The summed E-state index contributed by atoms with van der Waals surface area (Å²) in [6.45, 7) is 4.11. The van der Waals surface area contributed by atoms with Gasteiger partial charge < -0.3 is 24.8 Å². The third-order valence-electron chi connectivity index (χ3n) is 6.88. The highest BCUT2D eigenvalue weighted by Crippen LogP contribution is 2.44. The lowest BCUT2D eigenvalue weighted by atomic mass is 9.96. The molecule has 0 unspecified atom stereocenters. The number of hydrogen-bond acceptors (Lipinski definition) is 4. The van der Waals surface area contributed by atoms with Crippen LogP contribution in [-0.2, 0) is 0 Å². The van der Waals surface area contributed by atoms with E-state index in [1.165, 1.54) is 0 Å². The molecular weight excluding hydrogens is 482 g/mol. The molecule has 3 heterocycles. The fourth-order valence-electron chi connectivity index (χ4n) is 5.12. The summed E-state index contributed by atoms with van der Waals surface area (Å²) in [5, 5.41) is 13.7. The van der Waals surface area contributed by atoms with E-state index < -0.39 is 5.97 Å². The summed E-state index contributed by atoms with van der Waals surface area (Å²) in [4.78, 5) is 20.5. The van der Waals surface area contributed by atoms with Crippen molar-refractivity contribution in [2.24, 2.45) is 0 Å². The number of pyridine rings is 1. The Morgan fingerprint density at radius 2 is 1.76 bits per heavy atom. The number of nitrogens with one attached hydrogen (secondary N) is 1. The van der Waals surface area contributed by atoms with Crippen LogP contribution in [0.2, 0.25) is 0 Å². The Morgan fingerprint density at radius 1 is 1.00 bits per heavy atom. The lowest BCUT2D eigenvalue weighted by Crippen LogP contribution is -2.29. The zero-order valence-corrected chi connectivity index (χ0v) is 22.0. The third kappa shape index (κ3) is 4.44. The van der Waals surface area contributed by atoms with Crippen LogP contribution in [0.1, 0.15) is 45.1 Å². The summed E-state index contributed by atoms with van der Waals surface area (Å²) >= 11 is 5.89. The number of carboxylic acids is 1. The molecule has 188 valence electrons. The van der Waals surface area contributed by atoms with Gasteiger partial charge in [-0.1, -0.05) is 12.1 Å². The normalized spacial score (nSPS) is 17.1. The molecule has 1 saturated heterocycles. The summed E-state index contributed by atoms with van der Waals surface area (Å²) < 4.78 is 2.10. The van der Waals surface area contributed by atoms with Crippen LogP contribution < -0.4 is 15.1 Å². The Balaban J connectivity index is 1.65. The molecule has 8 heteroatoms. The van der Waals surface area contributed by atoms with Crippen molar-refractivity contribution in [2.45, 2.75) is 25.9 Å². The fraction of sp³-hybridized carbons (Fsp3) is 0.207. The molecule has 0 saturated carbocycles. The van der Waals surface area contributed by atoms with Crippen LogP contribution in [0.25, 0.3) is 5.69 Å². The first-order valence-corrected chi connectivity index (χ1v) is 12.5. The van der Waals surface area contributed by atoms with Crippen molar-refractivity contribution < 1.29 is 9.90 Å². The van der Waals surface area contributed by atoms with Crippen molar-refractivity contribution in [1.29, 1.82) is 0 Å². The van der Waals surface area contributed by atoms with E-state index in [1.54, 1.807) is 24.4 Å². The van der Waals surface area contributed by atoms with Gasteiger partial charge in [-0.2, -0.15) is 0 Å². The van der Waals surface area contributed by atoms with Crippen LogP contribution in [0, 0.1) is 13.8 Å². The number of carboxylic acid groups (broad SMARTS) is 1. The lowest BCUT2D eigenvalue weighted by Gasteiger charge is -2.28. The number of rotatable bonds is 6. The molecule has 1 aliphatic rings. The second-order valence-electron chi connectivity index (χ2n) is 9.42. The fourth-order valence-corrected chi connectivity index (χ4v) is 5.47. The molecule has 2 aromatic carbocycles. The van der Waals surface area contributed by atoms with Gasteiger partial charge in [0.2, 0.25) is 0 Å². The summed E-state index contributed by atoms with van der Waals surface area (Å²) in [7, 11) is 4.04. The first-order chi connectivity index (χ1) is 17.8. The number of thiocarbonyl (C=S) groups is 1. The van der Waals surface area contributed by atoms with E-state index >= 15 is 0 Å². The highest BCUT2D eigenvalue weighted by atomic mass is 32.1. The summed E-state index contributed by atoms with van der Waals surface area (Å²) in [6, 6.07) is 23.1. The van der Waals surface area contributed by atoms with E-state index in [2.05, 4.69) is 61.9 Å². The van der Waals surface area contributed by atoms with Crippen molar-refractivity contribution in [1.82, 2.24) is 14.9 Å². The van der Waals surface area contributed by atoms with Crippen molar-refractivity contribution in [3.05, 3.63) is 107 Å². The van der Waals surface area contributed by atoms with Gasteiger partial charge in [-0.25, -0.2) is 4.79 Å². The molecule has 2 N–H and O–H groups in total. The van der Waals surface area contributed by atoms with Crippen molar-refractivity contribution in [3.63, 3.8) is 0 Å². The van der Waals surface area contributed by atoms with Gasteiger partial charge in [-0.3, -0.25) is 4.98 Å². The van der Waals surface area contributed by atoms with E-state index in [1.807, 2.05) is 45.3 Å². The SMILES string of the molecule is Cc1cc([C@@H]2[C@@H](c3ccccn3)NC(=S)N2c2ccc(N(C)C)cc2)c(C)n1-c1cccc(C(=O)O)c1. The monoisotopic (exact) mass is 511 g/mol. The molecule has 1 fully saturated rings. The number of aromatic nitrogens is 2. The van der Waals surface area contributed by atoms with E-state index in [4.69, 9.17) is 12.2 Å². The maximum atomic E-state index is 11.6. The number of aryl methyl sites for hydroxylation is 1. The number of carbonyl (C=O) groups is 1. The number of aromatic carboxylic acids is 1. The van der Waals surface area contributed by atoms with Gasteiger partial charge in [0.1, 0.15) is 0 Å². The number of benzene rings is 2. The Morgan fingerprint density at radius 3 is 2.41 bits per heavy atom. The van der Waals surface area contributed by atoms with Crippen LogP contribution in [0.15, 0.2) is 79.0 Å². The second-order valence-corrected chi connectivity index (χ2v) is 9.81. The van der Waals surface area contributed by atoms with Crippen molar-refractivity contribution >= 4 is 34.7 Å². The Bertz CT molecular complexity index is 1460. The average molecular weight is 512 g/mol. The number of nitrogens with zero attached hydrogens (tertiary/aromatic N) is 4. The molecule has 0 spiro atoms. The topological polar surface area (TPSA) is 73.6 Å². The van der Waals surface area contributed by atoms with E-state index in [-0.39, 0.29) is 17.6 Å². The van der Waals surface area contributed by atoms with E-state index in [9.17, 15) is 9.90 Å². The maximum Gasteiger partial charge on any atom is 0.335 e. The molecular formula is C29H29N5O2S. The van der Waals surface area contributed by atoms with Crippen LogP contribution in [0.4, 0.5) is 11.4 Å². The third-order valence-corrected chi connectivity index (χ3v) is 7.20. The quantitative estimate of drug-likeness (QED) is 0.334. The molecule has 2 atom stereocenters. The van der Waals surface area contributed by atoms with Crippen molar-refractivity contribution in [2.75, 3.05) is 23.9 Å². The van der Waals surface area contributed by atoms with Crippen molar-refractivity contribution in [3.8, 4) is 5.69 Å². The first-order valence-electron chi connectivity index (χ1n) is 12.1. The predicted octanol–water partition coefficient (Wildman–Crippen LogP) is 5.43. The highest BCUT2D eigenvalue weighted by Gasteiger charge is 2.42. The number of hydrogen-bond donors (Lipinski definition) is 2. The molecule has 4 aromatic rings. The molecule has 0 radical (unpaired) electrons. The Hall–Kier alpha value is -4.17. The molecule has 0 amide bonds. The molecule has 2 aromatic heterocycles. The Labute approximate surface area is 222 Å². The van der Waals surface area contributed by atoms with Gasteiger partial charge in [0, 0.05) is 48.7 Å². The molecule has 37 heavy (non-hydrogen) atoms. The van der Waals surface area contributed by atoms with Gasteiger partial charge in [0.25, 0.3) is 0 Å². The minimum Gasteiger partial charge on any atom is -0.478 e. The number of anilines is 2. The standard InChI is InChI=1S/C29H29N5O2S/c1-18-16-24(19(2)33(18)23-9-7-8-20(17-23)28(35)36)27-26(25-10-5-6-15-30-25)31-29(37)34(27)22-13-11-21(12-14-22)32(3)4/h5-17,26-27H,1-4H3,(H,31,37)(H,35,36)/t26-,27-/m1/s1. The maximum absolute atomic E-state index is 11.6. The van der Waals surface area contributed by atoms with Gasteiger partial charge in [-0.15, -0.1) is 0 Å². The summed E-state index contributed by atoms with van der Waals surface area (Å²) in [5.41, 5.74) is 7.19. The molecule has 0 aliphatic carbocycles. The minimum atomic E-state index is -0.947. The van der Waals surface area contributed by atoms with Crippen LogP contribution >= 0.6 is 12.2 Å². The van der Waals surface area contributed by atoms with Gasteiger partial charge in [-0.05, 0) is 92.3 Å². The van der Waals surface area contributed by atoms with Gasteiger partial charge in [0.15, 0.2) is 5.11 Å².